The number of nitrogen functional groups attached to an aromatic ring is 1. The van der Waals surface area contributed by atoms with Crippen LogP contribution in [0.1, 0.15) is 42.2 Å². The van der Waals surface area contributed by atoms with Gasteiger partial charge in [-0.1, -0.05) is 12.8 Å². The Morgan fingerprint density at radius 2 is 2.05 bits per heavy atom. The van der Waals surface area contributed by atoms with Crippen LogP contribution < -0.4 is 5.73 Å². The molecule has 1 aliphatic rings. The SMILES string of the molecule is Cc1sc(-c2nc(N)c(I)c(C3CCCC3)n2)cc1Br. The van der Waals surface area contributed by atoms with E-state index < -0.39 is 0 Å². The van der Waals surface area contributed by atoms with Crippen LogP contribution in [0.2, 0.25) is 0 Å². The Labute approximate surface area is 144 Å². The minimum absolute atomic E-state index is 0.551. The average Bonchev–Trinajstić information content (AvgIpc) is 3.04. The Hall–Kier alpha value is -0.210. The van der Waals surface area contributed by atoms with Crippen molar-refractivity contribution in [1.82, 2.24) is 9.97 Å². The molecular weight excluding hydrogens is 449 g/mol. The van der Waals surface area contributed by atoms with Gasteiger partial charge in [-0.25, -0.2) is 9.97 Å². The van der Waals surface area contributed by atoms with Crippen molar-refractivity contribution in [3.63, 3.8) is 0 Å². The molecule has 20 heavy (non-hydrogen) atoms. The first-order valence-corrected chi connectivity index (χ1v) is 9.34. The van der Waals surface area contributed by atoms with Crippen LogP contribution in [-0.4, -0.2) is 9.97 Å². The number of hydrogen-bond acceptors (Lipinski definition) is 4. The van der Waals surface area contributed by atoms with Crippen molar-refractivity contribution in [2.45, 2.75) is 38.5 Å². The normalized spacial score (nSPS) is 15.9. The van der Waals surface area contributed by atoms with Gasteiger partial charge >= 0.3 is 0 Å². The maximum Gasteiger partial charge on any atom is 0.171 e. The maximum atomic E-state index is 6.11. The predicted molar refractivity (Wildman–Crippen MR) is 96.1 cm³/mol. The topological polar surface area (TPSA) is 51.8 Å². The van der Waals surface area contributed by atoms with Gasteiger partial charge in [0.2, 0.25) is 0 Å². The largest absolute Gasteiger partial charge is 0.383 e. The molecule has 6 heteroatoms. The molecular formula is C14H15BrIN3S. The second kappa shape index (κ2) is 5.88. The van der Waals surface area contributed by atoms with Crippen LogP contribution in [0.3, 0.4) is 0 Å². The number of thiophene rings is 1. The molecule has 0 spiro atoms. The summed E-state index contributed by atoms with van der Waals surface area (Å²) in [6, 6.07) is 2.08. The van der Waals surface area contributed by atoms with Gasteiger partial charge in [-0.05, 0) is 64.4 Å². The average molecular weight is 464 g/mol. The van der Waals surface area contributed by atoms with E-state index in [1.807, 2.05) is 0 Å². The lowest BCUT2D eigenvalue weighted by atomic mass is 10.0. The first-order chi connectivity index (χ1) is 9.56. The molecule has 0 saturated heterocycles. The van der Waals surface area contributed by atoms with E-state index in [2.05, 4.69) is 56.5 Å². The van der Waals surface area contributed by atoms with Crippen LogP contribution in [0.4, 0.5) is 5.82 Å². The van der Waals surface area contributed by atoms with Crippen molar-refractivity contribution in [3.8, 4) is 10.7 Å². The summed E-state index contributed by atoms with van der Waals surface area (Å²) >= 11 is 7.54. The summed E-state index contributed by atoms with van der Waals surface area (Å²) in [7, 11) is 0. The number of anilines is 1. The lowest BCUT2D eigenvalue weighted by Gasteiger charge is -2.13. The number of halogens is 2. The van der Waals surface area contributed by atoms with Gasteiger partial charge in [0.15, 0.2) is 5.82 Å². The van der Waals surface area contributed by atoms with Gasteiger partial charge in [0.25, 0.3) is 0 Å². The number of rotatable bonds is 2. The Bertz CT molecular complexity index is 631. The number of aromatic nitrogens is 2. The number of nitrogens with two attached hydrogens (primary N) is 1. The van der Waals surface area contributed by atoms with E-state index >= 15 is 0 Å². The first-order valence-electron chi connectivity index (χ1n) is 6.65. The fourth-order valence-electron chi connectivity index (χ4n) is 2.63. The van der Waals surface area contributed by atoms with Crippen molar-refractivity contribution < 1.29 is 0 Å². The van der Waals surface area contributed by atoms with Crippen LogP contribution >= 0.6 is 49.9 Å². The quantitative estimate of drug-likeness (QED) is 0.628. The lowest BCUT2D eigenvalue weighted by Crippen LogP contribution is -2.07. The summed E-state index contributed by atoms with van der Waals surface area (Å²) in [5.41, 5.74) is 7.25. The third kappa shape index (κ3) is 2.74. The molecule has 2 aromatic heterocycles. The van der Waals surface area contributed by atoms with E-state index in [-0.39, 0.29) is 0 Å². The highest BCUT2D eigenvalue weighted by atomic mass is 127. The minimum Gasteiger partial charge on any atom is -0.383 e. The number of hydrogen-bond donors (Lipinski definition) is 1. The van der Waals surface area contributed by atoms with E-state index in [1.54, 1.807) is 11.3 Å². The van der Waals surface area contributed by atoms with Crippen LogP contribution in [0.15, 0.2) is 10.5 Å². The van der Waals surface area contributed by atoms with E-state index in [0.29, 0.717) is 11.7 Å². The molecule has 0 aromatic carbocycles. The van der Waals surface area contributed by atoms with E-state index in [4.69, 9.17) is 10.7 Å². The second-order valence-electron chi connectivity index (χ2n) is 5.13. The van der Waals surface area contributed by atoms with Gasteiger partial charge in [0.05, 0.1) is 14.1 Å². The maximum absolute atomic E-state index is 6.11. The molecule has 0 amide bonds. The number of nitrogens with zero attached hydrogens (tertiary/aromatic N) is 2. The second-order valence-corrected chi connectivity index (χ2v) is 8.32. The molecule has 0 aliphatic heterocycles. The fourth-order valence-corrected chi connectivity index (χ4v) is 4.78. The standard InChI is InChI=1S/C14H15BrIN3S/c1-7-9(15)6-10(20-7)14-18-12(8-4-2-3-5-8)11(16)13(17)19-14/h6,8H,2-5H2,1H3,(H2,17,18,19). The molecule has 2 heterocycles. The molecule has 2 N–H and O–H groups in total. The predicted octanol–water partition coefficient (Wildman–Crippen LogP) is 5.12. The Morgan fingerprint density at radius 3 is 2.65 bits per heavy atom. The summed E-state index contributed by atoms with van der Waals surface area (Å²) in [5.74, 6) is 1.93. The van der Waals surface area contributed by atoms with Crippen LogP contribution in [0.25, 0.3) is 10.7 Å². The Balaban J connectivity index is 2.08. The van der Waals surface area contributed by atoms with Crippen LogP contribution in [0.5, 0.6) is 0 Å². The highest BCUT2D eigenvalue weighted by Gasteiger charge is 2.24. The zero-order valence-electron chi connectivity index (χ0n) is 11.1. The molecule has 1 saturated carbocycles. The van der Waals surface area contributed by atoms with Gasteiger partial charge in [-0.3, -0.25) is 0 Å². The molecule has 2 aromatic rings. The van der Waals surface area contributed by atoms with Crippen molar-refractivity contribution in [2.75, 3.05) is 5.73 Å². The summed E-state index contributed by atoms with van der Waals surface area (Å²) in [4.78, 5) is 11.6. The van der Waals surface area contributed by atoms with Crippen molar-refractivity contribution in [3.05, 3.63) is 24.7 Å². The van der Waals surface area contributed by atoms with Crippen molar-refractivity contribution in [1.29, 1.82) is 0 Å². The monoisotopic (exact) mass is 463 g/mol. The van der Waals surface area contributed by atoms with Gasteiger partial charge in [-0.2, -0.15) is 0 Å². The third-order valence-electron chi connectivity index (χ3n) is 3.72. The van der Waals surface area contributed by atoms with Gasteiger partial charge < -0.3 is 5.73 Å². The van der Waals surface area contributed by atoms with E-state index in [1.165, 1.54) is 30.6 Å². The molecule has 1 fully saturated rings. The van der Waals surface area contributed by atoms with Crippen LogP contribution in [0, 0.1) is 10.5 Å². The summed E-state index contributed by atoms with van der Waals surface area (Å²) in [5, 5.41) is 0. The smallest absolute Gasteiger partial charge is 0.171 e. The summed E-state index contributed by atoms with van der Waals surface area (Å²) < 4.78 is 2.14. The molecule has 3 rings (SSSR count). The van der Waals surface area contributed by atoms with Gasteiger partial charge in [0.1, 0.15) is 5.82 Å². The first kappa shape index (κ1) is 14.7. The Kier molecular flexibility index (Phi) is 4.33. The Morgan fingerprint density at radius 1 is 1.35 bits per heavy atom. The highest BCUT2D eigenvalue weighted by Crippen LogP contribution is 2.39. The molecule has 0 bridgehead atoms. The van der Waals surface area contributed by atoms with Gasteiger partial charge in [-0.15, -0.1) is 11.3 Å². The zero-order valence-corrected chi connectivity index (χ0v) is 15.7. The van der Waals surface area contributed by atoms with Gasteiger partial charge in [0, 0.05) is 15.3 Å². The molecule has 3 nitrogen and oxygen atoms in total. The van der Waals surface area contributed by atoms with E-state index in [9.17, 15) is 0 Å². The molecule has 0 atom stereocenters. The van der Waals surface area contributed by atoms with Crippen molar-refractivity contribution in [2.24, 2.45) is 0 Å². The van der Waals surface area contributed by atoms with E-state index in [0.717, 1.165) is 24.4 Å². The summed E-state index contributed by atoms with van der Waals surface area (Å²) in [6.45, 7) is 2.09. The molecule has 0 radical (unpaired) electrons. The molecule has 1 aliphatic carbocycles. The third-order valence-corrected chi connectivity index (χ3v) is 6.96. The molecule has 106 valence electrons. The minimum atomic E-state index is 0.551. The molecule has 0 unspecified atom stereocenters. The fraction of sp³-hybridized carbons (Fsp3) is 0.429. The zero-order chi connectivity index (χ0) is 14.3. The summed E-state index contributed by atoms with van der Waals surface area (Å²) in [6.07, 6.45) is 5.03. The van der Waals surface area contributed by atoms with Crippen LogP contribution in [-0.2, 0) is 0 Å². The lowest BCUT2D eigenvalue weighted by molar-refractivity contribution is 0.691. The number of aryl methyl sites for hydroxylation is 1. The van der Waals surface area contributed by atoms with Crippen molar-refractivity contribution >= 4 is 55.7 Å². The highest BCUT2D eigenvalue weighted by molar-refractivity contribution is 14.1.